The Morgan fingerprint density at radius 2 is 1.74 bits per heavy atom. The number of rotatable bonds is 7. The fraction of sp³-hybridized carbons (Fsp3) is 0.207. The second-order valence-corrected chi connectivity index (χ2v) is 13.1. The summed E-state index contributed by atoms with van der Waals surface area (Å²) < 4.78 is 6.35. The Labute approximate surface area is 257 Å². The van der Waals surface area contributed by atoms with Crippen molar-refractivity contribution in [2.75, 3.05) is 16.8 Å². The Morgan fingerprint density at radius 3 is 2.40 bits per heavy atom. The molecule has 2 unspecified atom stereocenters. The average molecular weight is 640 g/mol. The third kappa shape index (κ3) is 5.08. The van der Waals surface area contributed by atoms with E-state index in [1.165, 1.54) is 20.8 Å². The number of thioether (sulfide) groups is 1. The van der Waals surface area contributed by atoms with Gasteiger partial charge in [0, 0.05) is 26.4 Å². The highest BCUT2D eigenvalue weighted by Crippen LogP contribution is 2.54. The van der Waals surface area contributed by atoms with Gasteiger partial charge in [-0.25, -0.2) is 9.69 Å². The van der Waals surface area contributed by atoms with E-state index in [0.29, 0.717) is 31.9 Å². The predicted molar refractivity (Wildman–Crippen MR) is 163 cm³/mol. The minimum atomic E-state index is -0.772. The molecule has 214 valence electrons. The molecule has 9 nitrogen and oxygen atoms in total. The molecule has 2 aliphatic heterocycles. The van der Waals surface area contributed by atoms with Crippen LogP contribution in [0.25, 0.3) is 0 Å². The van der Waals surface area contributed by atoms with Crippen molar-refractivity contribution in [3.8, 4) is 0 Å². The summed E-state index contributed by atoms with van der Waals surface area (Å²) in [5.41, 5.74) is 1.24. The number of thiophene rings is 1. The molecule has 42 heavy (non-hydrogen) atoms. The number of carbonyl (C=O) groups excluding carboxylic acids is 4. The molecule has 0 bridgehead atoms. The van der Waals surface area contributed by atoms with Crippen LogP contribution in [0.2, 0.25) is 5.02 Å². The van der Waals surface area contributed by atoms with Crippen LogP contribution in [0.15, 0.2) is 75.9 Å². The van der Waals surface area contributed by atoms with Crippen molar-refractivity contribution in [1.82, 2.24) is 4.57 Å². The standard InChI is InChI=1S/C29H22ClN3O6S3/c1-2-39-28(37)15-5-9-17(10-6-15)31-20(34)14-32-27-24(42-29(32)38)21(19-4-3-13-40-19)22-23(41-27)26(36)33(25(22)35)18-11-7-16(30)8-12-18/h3-13,21-23H,2,14H2,1H3,(H,31,34)/t21-,22?,23?/m1/s1. The summed E-state index contributed by atoms with van der Waals surface area (Å²) in [6.07, 6.45) is 0. The van der Waals surface area contributed by atoms with Gasteiger partial charge in [-0.05, 0) is 66.9 Å². The van der Waals surface area contributed by atoms with E-state index in [4.69, 9.17) is 16.3 Å². The zero-order chi connectivity index (χ0) is 29.5. The number of fused-ring (bicyclic) bond motifs is 2. The minimum Gasteiger partial charge on any atom is -0.462 e. The Bertz CT molecular complexity index is 1750. The molecule has 13 heteroatoms. The number of benzene rings is 2. The normalized spacial score (nSPS) is 19.4. The van der Waals surface area contributed by atoms with Crippen molar-refractivity contribution >= 4 is 81.1 Å². The topological polar surface area (TPSA) is 115 Å². The number of carbonyl (C=O) groups is 4. The Kier molecular flexibility index (Phi) is 7.79. The fourth-order valence-electron chi connectivity index (χ4n) is 5.12. The lowest BCUT2D eigenvalue weighted by Crippen LogP contribution is -2.32. The molecule has 2 aliphatic rings. The van der Waals surface area contributed by atoms with E-state index in [1.807, 2.05) is 17.5 Å². The maximum absolute atomic E-state index is 13.8. The first-order valence-corrected chi connectivity index (χ1v) is 15.9. The molecule has 4 heterocycles. The summed E-state index contributed by atoms with van der Waals surface area (Å²) in [5, 5.41) is 4.87. The molecule has 2 aromatic heterocycles. The molecule has 4 aromatic rings. The fourth-order valence-corrected chi connectivity index (χ4v) is 8.97. The maximum atomic E-state index is 13.8. The number of ether oxygens (including phenoxy) is 1. The first-order valence-electron chi connectivity index (χ1n) is 12.9. The van der Waals surface area contributed by atoms with Crippen LogP contribution < -0.4 is 15.1 Å². The molecule has 1 saturated heterocycles. The van der Waals surface area contributed by atoms with Crippen LogP contribution in [0.5, 0.6) is 0 Å². The number of nitrogens with one attached hydrogen (secondary N) is 1. The number of hydrogen-bond acceptors (Lipinski definition) is 9. The number of imide groups is 1. The van der Waals surface area contributed by atoms with Crippen LogP contribution in [0.1, 0.15) is 33.0 Å². The molecule has 3 amide bonds. The second kappa shape index (κ2) is 11.5. The molecule has 1 N–H and O–H groups in total. The van der Waals surface area contributed by atoms with Crippen molar-refractivity contribution in [3.63, 3.8) is 0 Å². The van der Waals surface area contributed by atoms with E-state index in [0.717, 1.165) is 28.0 Å². The van der Waals surface area contributed by atoms with Gasteiger partial charge in [0.15, 0.2) is 0 Å². The van der Waals surface area contributed by atoms with Crippen molar-refractivity contribution in [2.45, 2.75) is 29.7 Å². The average Bonchev–Trinajstić information content (AvgIpc) is 3.67. The number of anilines is 2. The third-order valence-corrected chi connectivity index (χ3v) is 10.8. The van der Waals surface area contributed by atoms with Gasteiger partial charge in [0.05, 0.1) is 28.8 Å². The van der Waals surface area contributed by atoms with Gasteiger partial charge < -0.3 is 10.1 Å². The Balaban J connectivity index is 1.30. The zero-order valence-corrected chi connectivity index (χ0v) is 25.1. The van der Waals surface area contributed by atoms with E-state index in [9.17, 15) is 24.0 Å². The predicted octanol–water partition coefficient (Wildman–Crippen LogP) is 5.24. The van der Waals surface area contributed by atoms with Gasteiger partial charge in [-0.2, -0.15) is 0 Å². The van der Waals surface area contributed by atoms with Crippen LogP contribution in [-0.2, 0) is 25.7 Å². The molecule has 0 spiro atoms. The lowest BCUT2D eigenvalue weighted by Gasteiger charge is -2.29. The minimum absolute atomic E-state index is 0.253. The summed E-state index contributed by atoms with van der Waals surface area (Å²) in [5.74, 6) is -2.83. The van der Waals surface area contributed by atoms with Crippen molar-refractivity contribution in [2.24, 2.45) is 5.92 Å². The van der Waals surface area contributed by atoms with Gasteiger partial charge in [-0.3, -0.25) is 23.7 Å². The summed E-state index contributed by atoms with van der Waals surface area (Å²) in [7, 11) is 0. The van der Waals surface area contributed by atoms with Crippen LogP contribution in [-0.4, -0.2) is 40.1 Å². The summed E-state index contributed by atoms with van der Waals surface area (Å²) >= 11 is 9.64. The monoisotopic (exact) mass is 639 g/mol. The third-order valence-electron chi connectivity index (χ3n) is 6.97. The van der Waals surface area contributed by atoms with E-state index in [-0.39, 0.29) is 29.8 Å². The summed E-state index contributed by atoms with van der Waals surface area (Å²) in [6.45, 7) is 1.69. The van der Waals surface area contributed by atoms with Crippen LogP contribution in [0.4, 0.5) is 11.4 Å². The summed E-state index contributed by atoms with van der Waals surface area (Å²) in [4.78, 5) is 68.1. The maximum Gasteiger partial charge on any atom is 0.338 e. The molecule has 3 atom stereocenters. The van der Waals surface area contributed by atoms with Gasteiger partial charge in [0.2, 0.25) is 17.7 Å². The number of aromatic nitrogens is 1. The van der Waals surface area contributed by atoms with Crippen molar-refractivity contribution < 1.29 is 23.9 Å². The largest absolute Gasteiger partial charge is 0.462 e. The molecular weight excluding hydrogens is 618 g/mol. The number of hydrogen-bond donors (Lipinski definition) is 1. The number of halogens is 1. The van der Waals surface area contributed by atoms with E-state index in [1.54, 1.807) is 55.5 Å². The quantitative estimate of drug-likeness (QED) is 0.217. The van der Waals surface area contributed by atoms with Gasteiger partial charge in [-0.1, -0.05) is 40.8 Å². The Morgan fingerprint density at radius 1 is 1.00 bits per heavy atom. The van der Waals surface area contributed by atoms with E-state index < -0.39 is 29.0 Å². The van der Waals surface area contributed by atoms with Crippen LogP contribution >= 0.6 is 46.0 Å². The van der Waals surface area contributed by atoms with Crippen molar-refractivity contribution in [1.29, 1.82) is 0 Å². The van der Waals surface area contributed by atoms with E-state index in [2.05, 4.69) is 5.32 Å². The Hall–Kier alpha value is -3.71. The molecular formula is C29H22ClN3O6S3. The number of thiazole rings is 1. The molecule has 1 fully saturated rings. The molecule has 2 aromatic carbocycles. The molecule has 0 aliphatic carbocycles. The molecule has 0 radical (unpaired) electrons. The van der Waals surface area contributed by atoms with Crippen LogP contribution in [0, 0.1) is 5.92 Å². The highest BCUT2D eigenvalue weighted by molar-refractivity contribution is 8.00. The first-order chi connectivity index (χ1) is 20.3. The number of nitrogens with zero attached hydrogens (tertiary/aromatic N) is 2. The second-order valence-electron chi connectivity index (χ2n) is 9.52. The SMILES string of the molecule is CCOC(=O)c1ccc(NC(=O)Cn2c3c(sc2=O)[C@H](c2cccs2)C2C(=O)N(c4ccc(Cl)cc4)C(=O)C2S3)cc1. The highest BCUT2D eigenvalue weighted by Gasteiger charge is 2.57. The lowest BCUT2D eigenvalue weighted by atomic mass is 9.87. The number of amides is 3. The highest BCUT2D eigenvalue weighted by atomic mass is 35.5. The zero-order valence-electron chi connectivity index (χ0n) is 21.9. The first kappa shape index (κ1) is 28.4. The van der Waals surface area contributed by atoms with E-state index >= 15 is 0 Å². The van der Waals surface area contributed by atoms with Gasteiger partial charge >= 0.3 is 10.8 Å². The van der Waals surface area contributed by atoms with Crippen LogP contribution in [0.3, 0.4) is 0 Å². The van der Waals surface area contributed by atoms with Gasteiger partial charge in [0.1, 0.15) is 11.8 Å². The smallest absolute Gasteiger partial charge is 0.338 e. The molecule has 6 rings (SSSR count). The summed E-state index contributed by atoms with van der Waals surface area (Å²) in [6, 6.07) is 16.5. The van der Waals surface area contributed by atoms with Gasteiger partial charge in [0.25, 0.3) is 0 Å². The number of esters is 1. The lowest BCUT2D eigenvalue weighted by molar-refractivity contribution is -0.122. The van der Waals surface area contributed by atoms with Crippen molar-refractivity contribution in [3.05, 3.63) is 96.1 Å². The molecule has 0 saturated carbocycles. The van der Waals surface area contributed by atoms with Gasteiger partial charge in [-0.15, -0.1) is 11.3 Å².